The zero-order valence-electron chi connectivity index (χ0n) is 9.46. The summed E-state index contributed by atoms with van der Waals surface area (Å²) in [5, 5.41) is 20.4. The average molecular weight is 221 g/mol. The fourth-order valence-electron chi connectivity index (χ4n) is 1.31. The second kappa shape index (κ2) is 4.16. The Hall–Kier alpha value is -1.14. The van der Waals surface area contributed by atoms with E-state index in [-0.39, 0.29) is 11.2 Å². The summed E-state index contributed by atoms with van der Waals surface area (Å²) in [6.45, 7) is 8.19. The molecule has 0 aliphatic rings. The quantitative estimate of drug-likeness (QED) is 0.582. The second-order valence-electron chi connectivity index (χ2n) is 4.58. The minimum Gasteiger partial charge on any atom is -0.506 e. The van der Waals surface area contributed by atoms with Crippen molar-refractivity contribution in [3.63, 3.8) is 0 Å². The van der Waals surface area contributed by atoms with Gasteiger partial charge in [-0.25, -0.2) is 0 Å². The molecular weight excluding hydrogens is 206 g/mol. The highest BCUT2D eigenvalue weighted by Crippen LogP contribution is 2.35. The molecule has 0 aromatic heterocycles. The average Bonchev–Trinajstić information content (AvgIpc) is 2.11. The number of nitrogens with zero attached hydrogens (tertiary/aromatic N) is 1. The van der Waals surface area contributed by atoms with Crippen LogP contribution in [-0.2, 0) is 5.41 Å². The van der Waals surface area contributed by atoms with E-state index in [1.165, 1.54) is 0 Å². The summed E-state index contributed by atoms with van der Waals surface area (Å²) in [6, 6.07) is 3.85. The lowest BCUT2D eigenvalue weighted by molar-refractivity contribution is 0.456. The molecule has 1 N–H and O–H groups in total. The molecule has 1 rings (SSSR count). The largest absolute Gasteiger partial charge is 0.506 e. The molecule has 0 heterocycles. The van der Waals surface area contributed by atoms with Gasteiger partial charge in [0.25, 0.3) is 0 Å². The predicted molar refractivity (Wildman–Crippen MR) is 63.0 cm³/mol. The molecule has 0 saturated carbocycles. The first-order chi connectivity index (χ1) is 6.86. The Morgan fingerprint density at radius 3 is 2.40 bits per heavy atom. The summed E-state index contributed by atoms with van der Waals surface area (Å²) in [4.78, 5) is 0.641. The topological polar surface area (TPSA) is 44.0 Å². The van der Waals surface area contributed by atoms with Crippen molar-refractivity contribution in [1.29, 1.82) is 5.26 Å². The van der Waals surface area contributed by atoms with Gasteiger partial charge >= 0.3 is 0 Å². The molecule has 15 heavy (non-hydrogen) atoms. The van der Waals surface area contributed by atoms with E-state index in [1.54, 1.807) is 0 Å². The van der Waals surface area contributed by atoms with Crippen LogP contribution in [0.5, 0.6) is 5.75 Å². The Balaban J connectivity index is 3.31. The highest BCUT2D eigenvalue weighted by molar-refractivity contribution is 8.03. The van der Waals surface area contributed by atoms with Gasteiger partial charge in [0.2, 0.25) is 0 Å². The van der Waals surface area contributed by atoms with Crippen LogP contribution in [0.1, 0.15) is 31.9 Å². The summed E-state index contributed by atoms with van der Waals surface area (Å²) in [6.07, 6.45) is 0. The Morgan fingerprint density at radius 1 is 1.33 bits per heavy atom. The lowest BCUT2D eigenvalue weighted by Crippen LogP contribution is -2.11. The maximum atomic E-state index is 9.75. The van der Waals surface area contributed by atoms with Crippen molar-refractivity contribution in [3.05, 3.63) is 23.3 Å². The lowest BCUT2D eigenvalue weighted by Gasteiger charge is -2.20. The number of hydrogen-bond donors (Lipinski definition) is 1. The van der Waals surface area contributed by atoms with Crippen LogP contribution in [0, 0.1) is 17.6 Å². The molecule has 0 bridgehead atoms. The molecule has 0 aliphatic carbocycles. The van der Waals surface area contributed by atoms with Crippen LogP contribution in [0.15, 0.2) is 17.0 Å². The van der Waals surface area contributed by atoms with Crippen LogP contribution in [0.2, 0.25) is 0 Å². The molecule has 1 aromatic carbocycles. The number of aromatic hydroxyl groups is 1. The summed E-state index contributed by atoms with van der Waals surface area (Å²) in [5.74, 6) is 0.217. The van der Waals surface area contributed by atoms with Crippen molar-refractivity contribution in [3.8, 4) is 11.2 Å². The van der Waals surface area contributed by atoms with Crippen LogP contribution in [-0.4, -0.2) is 5.11 Å². The smallest absolute Gasteiger partial charge is 0.138 e. The number of aryl methyl sites for hydroxylation is 1. The number of thiocyanates is 1. The van der Waals surface area contributed by atoms with Gasteiger partial charge in [-0.2, -0.15) is 5.26 Å². The zero-order chi connectivity index (χ0) is 11.6. The maximum Gasteiger partial charge on any atom is 0.138 e. The van der Waals surface area contributed by atoms with E-state index in [0.29, 0.717) is 4.90 Å². The van der Waals surface area contributed by atoms with Crippen LogP contribution in [0.4, 0.5) is 0 Å². The minimum atomic E-state index is 0.0310. The first-order valence-electron chi connectivity index (χ1n) is 4.76. The van der Waals surface area contributed by atoms with Gasteiger partial charge in [-0.05, 0) is 41.3 Å². The Kier molecular flexibility index (Phi) is 3.31. The van der Waals surface area contributed by atoms with Crippen molar-refractivity contribution in [2.45, 2.75) is 38.0 Å². The van der Waals surface area contributed by atoms with Crippen molar-refractivity contribution >= 4 is 11.8 Å². The van der Waals surface area contributed by atoms with Gasteiger partial charge in [-0.15, -0.1) is 0 Å². The number of rotatable bonds is 1. The zero-order valence-corrected chi connectivity index (χ0v) is 10.3. The molecule has 0 saturated heterocycles. The van der Waals surface area contributed by atoms with Gasteiger partial charge in [0, 0.05) is 0 Å². The number of benzene rings is 1. The molecule has 0 amide bonds. The van der Waals surface area contributed by atoms with Gasteiger partial charge in [-0.3, -0.25) is 0 Å². The lowest BCUT2D eigenvalue weighted by atomic mass is 9.86. The number of nitriles is 1. The second-order valence-corrected chi connectivity index (χ2v) is 5.41. The molecule has 3 heteroatoms. The van der Waals surface area contributed by atoms with Gasteiger partial charge in [0.05, 0.1) is 4.90 Å². The Labute approximate surface area is 94.9 Å². The van der Waals surface area contributed by atoms with E-state index in [0.717, 1.165) is 22.9 Å². The van der Waals surface area contributed by atoms with Crippen molar-refractivity contribution in [2.75, 3.05) is 0 Å². The number of phenolic OH excluding ortho intramolecular Hbond substituents is 1. The number of hydrogen-bond acceptors (Lipinski definition) is 3. The third-order valence-electron chi connectivity index (χ3n) is 2.29. The summed E-state index contributed by atoms with van der Waals surface area (Å²) in [7, 11) is 0. The minimum absolute atomic E-state index is 0.0310. The Bertz CT molecular complexity index is 413. The van der Waals surface area contributed by atoms with Gasteiger partial charge in [0.1, 0.15) is 11.2 Å². The van der Waals surface area contributed by atoms with E-state index in [1.807, 2.05) is 24.5 Å². The fourth-order valence-corrected chi connectivity index (χ4v) is 1.85. The van der Waals surface area contributed by atoms with Crippen molar-refractivity contribution in [2.24, 2.45) is 0 Å². The van der Waals surface area contributed by atoms with E-state index < -0.39 is 0 Å². The predicted octanol–water partition coefficient (Wildman–Crippen LogP) is 3.57. The van der Waals surface area contributed by atoms with Crippen molar-refractivity contribution in [1.82, 2.24) is 0 Å². The van der Waals surface area contributed by atoms with Crippen LogP contribution in [0.25, 0.3) is 0 Å². The van der Waals surface area contributed by atoms with E-state index >= 15 is 0 Å². The molecule has 0 radical (unpaired) electrons. The molecule has 0 atom stereocenters. The highest BCUT2D eigenvalue weighted by Gasteiger charge is 2.17. The normalized spacial score (nSPS) is 11.1. The van der Waals surface area contributed by atoms with Gasteiger partial charge < -0.3 is 5.11 Å². The molecule has 0 spiro atoms. The van der Waals surface area contributed by atoms with E-state index in [4.69, 9.17) is 5.26 Å². The summed E-state index contributed by atoms with van der Waals surface area (Å²) >= 11 is 1.00. The number of thioether (sulfide) groups is 1. The molecule has 0 fully saturated rings. The van der Waals surface area contributed by atoms with E-state index in [9.17, 15) is 5.11 Å². The summed E-state index contributed by atoms with van der Waals surface area (Å²) in [5.41, 5.74) is 1.99. The maximum absolute atomic E-state index is 9.75. The highest BCUT2D eigenvalue weighted by atomic mass is 32.2. The first-order valence-corrected chi connectivity index (χ1v) is 5.58. The van der Waals surface area contributed by atoms with Gasteiger partial charge in [0.15, 0.2) is 0 Å². The van der Waals surface area contributed by atoms with Crippen LogP contribution < -0.4 is 0 Å². The Morgan fingerprint density at radius 2 is 1.93 bits per heavy atom. The van der Waals surface area contributed by atoms with E-state index in [2.05, 4.69) is 20.8 Å². The molecular formula is C12H15NOS. The van der Waals surface area contributed by atoms with Crippen LogP contribution >= 0.6 is 11.8 Å². The SMILES string of the molecule is Cc1cc(C(C)(C)C)cc(SC#N)c1O. The molecule has 80 valence electrons. The third kappa shape index (κ3) is 2.66. The third-order valence-corrected chi connectivity index (χ3v) is 2.91. The van der Waals surface area contributed by atoms with Crippen molar-refractivity contribution < 1.29 is 5.11 Å². The standard InChI is InChI=1S/C12H15NOS/c1-8-5-9(12(2,3)4)6-10(11(8)14)15-7-13/h5-6,14H,1-4H3. The molecule has 0 unspecified atom stereocenters. The number of phenols is 1. The summed E-state index contributed by atoms with van der Waals surface area (Å²) < 4.78 is 0. The molecule has 1 aromatic rings. The van der Waals surface area contributed by atoms with Crippen LogP contribution in [0.3, 0.4) is 0 Å². The first kappa shape index (κ1) is 11.9. The van der Waals surface area contributed by atoms with Gasteiger partial charge in [-0.1, -0.05) is 26.8 Å². The molecule has 0 aliphatic heterocycles. The molecule has 2 nitrogen and oxygen atoms in total. The monoisotopic (exact) mass is 221 g/mol. The fraction of sp³-hybridized carbons (Fsp3) is 0.417.